The van der Waals surface area contributed by atoms with Crippen LogP contribution in [-0.2, 0) is 6.54 Å². The molecule has 6 heteroatoms. The van der Waals surface area contributed by atoms with E-state index in [1.165, 1.54) is 0 Å². The minimum atomic E-state index is -0.725. The molecule has 0 bridgehead atoms. The van der Waals surface area contributed by atoms with Gasteiger partial charge in [0.15, 0.2) is 0 Å². The monoisotopic (exact) mass is 403 g/mol. The number of anilines is 1. The lowest BCUT2D eigenvalue weighted by atomic mass is 10.0. The van der Waals surface area contributed by atoms with Crippen molar-refractivity contribution >= 4 is 5.69 Å². The van der Waals surface area contributed by atoms with Gasteiger partial charge in [0.1, 0.15) is 11.9 Å². The molecule has 0 spiro atoms. The van der Waals surface area contributed by atoms with Gasteiger partial charge >= 0.3 is 0 Å². The van der Waals surface area contributed by atoms with E-state index in [2.05, 4.69) is 44.7 Å². The van der Waals surface area contributed by atoms with E-state index in [0.717, 1.165) is 55.4 Å². The molecule has 1 unspecified atom stereocenters. The number of piperazine rings is 1. The summed E-state index contributed by atoms with van der Waals surface area (Å²) in [4.78, 5) is 18.1. The first-order chi connectivity index (χ1) is 14.6. The first-order valence-corrected chi connectivity index (χ1v) is 10.6. The zero-order valence-corrected chi connectivity index (χ0v) is 17.6. The Balaban J connectivity index is 1.41. The van der Waals surface area contributed by atoms with Crippen LogP contribution in [0.15, 0.2) is 61.1 Å². The average Bonchev–Trinajstić information content (AvgIpc) is 2.80. The van der Waals surface area contributed by atoms with Gasteiger partial charge in [-0.25, -0.2) is 9.97 Å². The number of rotatable bonds is 6. The molecular formula is C24H29N5O. The molecule has 1 atom stereocenters. The minimum absolute atomic E-state index is 0.351. The highest BCUT2D eigenvalue weighted by Gasteiger charge is 2.23. The van der Waals surface area contributed by atoms with Crippen LogP contribution in [0.1, 0.15) is 48.5 Å². The quantitative estimate of drug-likeness (QED) is 0.681. The Bertz CT molecular complexity index is 937. The number of hydrogen-bond acceptors (Lipinski definition) is 6. The maximum atomic E-state index is 10.9. The molecule has 1 aromatic carbocycles. The fraction of sp³-hybridized carbons (Fsp3) is 0.375. The highest BCUT2D eigenvalue weighted by Crippen LogP contribution is 2.30. The van der Waals surface area contributed by atoms with Crippen molar-refractivity contribution in [1.29, 1.82) is 0 Å². The van der Waals surface area contributed by atoms with Crippen molar-refractivity contribution in [3.8, 4) is 0 Å². The Labute approximate surface area is 178 Å². The molecule has 0 radical (unpaired) electrons. The van der Waals surface area contributed by atoms with Gasteiger partial charge in [-0.15, -0.1) is 0 Å². The number of para-hydroxylation sites is 1. The molecule has 0 amide bonds. The second-order valence-electron chi connectivity index (χ2n) is 8.08. The average molecular weight is 404 g/mol. The summed E-state index contributed by atoms with van der Waals surface area (Å²) in [6, 6.07) is 13.7. The SMILES string of the molecule is CC(C)c1ncc(CN2CCN(c3ccccc3C(O)c3ccccn3)CC2)cn1. The van der Waals surface area contributed by atoms with Crippen LogP contribution >= 0.6 is 0 Å². The van der Waals surface area contributed by atoms with E-state index >= 15 is 0 Å². The summed E-state index contributed by atoms with van der Waals surface area (Å²) >= 11 is 0. The Morgan fingerprint density at radius 3 is 2.27 bits per heavy atom. The molecule has 156 valence electrons. The van der Waals surface area contributed by atoms with E-state index in [9.17, 15) is 5.11 Å². The molecule has 6 nitrogen and oxygen atoms in total. The molecule has 1 saturated heterocycles. The van der Waals surface area contributed by atoms with E-state index < -0.39 is 6.10 Å². The molecule has 2 aromatic heterocycles. The number of hydrogen-bond donors (Lipinski definition) is 1. The first-order valence-electron chi connectivity index (χ1n) is 10.6. The third kappa shape index (κ3) is 4.66. The van der Waals surface area contributed by atoms with Crippen LogP contribution in [0.25, 0.3) is 0 Å². The molecule has 1 aliphatic heterocycles. The lowest BCUT2D eigenvalue weighted by molar-refractivity contribution is 0.214. The van der Waals surface area contributed by atoms with Gasteiger partial charge in [-0.1, -0.05) is 38.1 Å². The molecule has 4 rings (SSSR count). The summed E-state index contributed by atoms with van der Waals surface area (Å²) < 4.78 is 0. The number of pyridine rings is 1. The number of aliphatic hydroxyl groups excluding tert-OH is 1. The molecule has 3 aromatic rings. The molecule has 1 aliphatic rings. The predicted molar refractivity (Wildman–Crippen MR) is 118 cm³/mol. The Hall–Kier alpha value is -2.83. The van der Waals surface area contributed by atoms with Crippen molar-refractivity contribution in [2.24, 2.45) is 0 Å². The van der Waals surface area contributed by atoms with Crippen molar-refractivity contribution in [3.05, 3.63) is 83.7 Å². The van der Waals surface area contributed by atoms with Crippen LogP contribution in [0.4, 0.5) is 5.69 Å². The normalized spacial score (nSPS) is 16.1. The van der Waals surface area contributed by atoms with Crippen molar-refractivity contribution in [2.45, 2.75) is 32.4 Å². The van der Waals surface area contributed by atoms with E-state index in [0.29, 0.717) is 11.6 Å². The standard InChI is InChI=1S/C24H29N5O/c1-18(2)24-26-15-19(16-27-24)17-28-11-13-29(14-12-28)22-9-4-3-7-20(22)23(30)21-8-5-6-10-25-21/h3-10,15-16,18,23,30H,11-14,17H2,1-2H3. The Kier molecular flexibility index (Phi) is 6.35. The zero-order chi connectivity index (χ0) is 20.9. The Morgan fingerprint density at radius 2 is 1.60 bits per heavy atom. The van der Waals surface area contributed by atoms with Gasteiger partial charge in [0.25, 0.3) is 0 Å². The number of aromatic nitrogens is 3. The lowest BCUT2D eigenvalue weighted by Gasteiger charge is -2.37. The summed E-state index contributed by atoms with van der Waals surface area (Å²) in [6.45, 7) is 8.83. The van der Waals surface area contributed by atoms with E-state index in [-0.39, 0.29) is 0 Å². The smallest absolute Gasteiger partial charge is 0.130 e. The maximum absolute atomic E-state index is 10.9. The number of nitrogens with zero attached hydrogens (tertiary/aromatic N) is 5. The van der Waals surface area contributed by atoms with Gasteiger partial charge in [0.2, 0.25) is 0 Å². The van der Waals surface area contributed by atoms with E-state index in [1.54, 1.807) is 6.20 Å². The van der Waals surface area contributed by atoms with Crippen molar-refractivity contribution in [2.75, 3.05) is 31.1 Å². The van der Waals surface area contributed by atoms with Gasteiger partial charge < -0.3 is 10.0 Å². The fourth-order valence-electron chi connectivity index (χ4n) is 3.85. The van der Waals surface area contributed by atoms with Gasteiger partial charge in [-0.05, 0) is 18.2 Å². The van der Waals surface area contributed by atoms with Gasteiger partial charge in [0, 0.05) is 74.0 Å². The molecule has 0 aliphatic carbocycles. The van der Waals surface area contributed by atoms with Gasteiger partial charge in [0.05, 0.1) is 5.69 Å². The van der Waals surface area contributed by atoms with E-state index in [4.69, 9.17) is 0 Å². The summed E-state index contributed by atoms with van der Waals surface area (Å²) in [5, 5.41) is 10.9. The number of benzene rings is 1. The van der Waals surface area contributed by atoms with Crippen molar-refractivity contribution in [3.63, 3.8) is 0 Å². The summed E-state index contributed by atoms with van der Waals surface area (Å²) in [6.07, 6.45) is 4.90. The zero-order valence-electron chi connectivity index (χ0n) is 17.6. The van der Waals surface area contributed by atoms with Crippen LogP contribution in [0, 0.1) is 0 Å². The molecule has 3 heterocycles. The molecular weight excluding hydrogens is 374 g/mol. The minimum Gasteiger partial charge on any atom is -0.382 e. The van der Waals surface area contributed by atoms with Crippen molar-refractivity contribution in [1.82, 2.24) is 19.9 Å². The first kappa shape index (κ1) is 20.4. The molecule has 30 heavy (non-hydrogen) atoms. The Morgan fingerprint density at radius 1 is 0.900 bits per heavy atom. The number of aliphatic hydroxyl groups is 1. The molecule has 0 saturated carbocycles. The predicted octanol–water partition coefficient (Wildman–Crippen LogP) is 3.40. The van der Waals surface area contributed by atoms with Crippen LogP contribution < -0.4 is 4.90 Å². The highest BCUT2D eigenvalue weighted by molar-refractivity contribution is 5.56. The summed E-state index contributed by atoms with van der Waals surface area (Å²) in [7, 11) is 0. The van der Waals surface area contributed by atoms with Crippen LogP contribution in [0.2, 0.25) is 0 Å². The van der Waals surface area contributed by atoms with Crippen molar-refractivity contribution < 1.29 is 5.11 Å². The largest absolute Gasteiger partial charge is 0.382 e. The third-order valence-corrected chi connectivity index (χ3v) is 5.56. The van der Waals surface area contributed by atoms with E-state index in [1.807, 2.05) is 48.8 Å². The summed E-state index contributed by atoms with van der Waals surface area (Å²) in [5.74, 6) is 1.25. The van der Waals surface area contributed by atoms with Crippen LogP contribution in [0.5, 0.6) is 0 Å². The lowest BCUT2D eigenvalue weighted by Crippen LogP contribution is -2.46. The second-order valence-corrected chi connectivity index (χ2v) is 8.08. The third-order valence-electron chi connectivity index (χ3n) is 5.56. The summed E-state index contributed by atoms with van der Waals surface area (Å²) in [5.41, 5.74) is 3.81. The van der Waals surface area contributed by atoms with Gasteiger partial charge in [-0.3, -0.25) is 9.88 Å². The maximum Gasteiger partial charge on any atom is 0.130 e. The fourth-order valence-corrected chi connectivity index (χ4v) is 3.85. The molecule has 1 fully saturated rings. The topological polar surface area (TPSA) is 65.4 Å². The van der Waals surface area contributed by atoms with Gasteiger partial charge in [-0.2, -0.15) is 0 Å². The second kappa shape index (κ2) is 9.32. The highest BCUT2D eigenvalue weighted by atomic mass is 16.3. The van der Waals surface area contributed by atoms with Crippen LogP contribution in [0.3, 0.4) is 0 Å². The van der Waals surface area contributed by atoms with Crippen LogP contribution in [-0.4, -0.2) is 51.1 Å². The molecule has 1 N–H and O–H groups in total.